The van der Waals surface area contributed by atoms with Gasteiger partial charge in [-0.05, 0) is 80.4 Å². The highest BCUT2D eigenvalue weighted by molar-refractivity contribution is 6.06. The molecule has 3 aromatic rings. The molecule has 2 aliphatic rings. The van der Waals surface area contributed by atoms with Crippen molar-refractivity contribution < 1.29 is 18.7 Å². The zero-order chi connectivity index (χ0) is 31.4. The van der Waals surface area contributed by atoms with E-state index in [1.807, 2.05) is 24.9 Å². The topological polar surface area (TPSA) is 63.1 Å². The fraction of sp³-hybridized carbons (Fsp3) is 0.600. The number of ether oxygens (including phenoxy) is 2. The lowest BCUT2D eigenvalue weighted by Gasteiger charge is -2.46. The second-order valence-corrected chi connectivity index (χ2v) is 13.2. The zero-order valence-electron chi connectivity index (χ0n) is 27.4. The number of hydrogen-bond acceptors (Lipinski definition) is 6. The minimum atomic E-state index is -0.413. The van der Waals surface area contributed by atoms with Crippen molar-refractivity contribution in [2.24, 2.45) is 18.9 Å². The van der Waals surface area contributed by atoms with Gasteiger partial charge in [0.1, 0.15) is 5.82 Å². The normalized spacial score (nSPS) is 18.8. The van der Waals surface area contributed by atoms with E-state index in [9.17, 15) is 9.18 Å². The Kier molecular flexibility index (Phi) is 10.7. The molecule has 1 aromatic heterocycles. The van der Waals surface area contributed by atoms with Gasteiger partial charge in [-0.2, -0.15) is 5.10 Å². The highest BCUT2D eigenvalue weighted by atomic mass is 19.1. The molecule has 0 saturated carbocycles. The van der Waals surface area contributed by atoms with E-state index in [0.29, 0.717) is 43.2 Å². The molecular weight excluding hydrogens is 557 g/mol. The summed E-state index contributed by atoms with van der Waals surface area (Å²) in [6.07, 6.45) is 5.27. The van der Waals surface area contributed by atoms with E-state index < -0.39 is 5.82 Å². The third-order valence-corrected chi connectivity index (χ3v) is 9.56. The van der Waals surface area contributed by atoms with Crippen LogP contribution in [0.5, 0.6) is 0 Å². The number of aryl methyl sites for hydroxylation is 1. The molecule has 44 heavy (non-hydrogen) atoms. The van der Waals surface area contributed by atoms with Crippen LogP contribution < -0.4 is 0 Å². The molecule has 9 heteroatoms. The molecule has 240 valence electrons. The minimum Gasteiger partial charge on any atom is -0.383 e. The van der Waals surface area contributed by atoms with Gasteiger partial charge in [-0.15, -0.1) is 0 Å². The number of carbonyl (C=O) groups is 1. The number of likely N-dealkylation sites (tertiary alicyclic amines) is 1. The molecule has 8 nitrogen and oxygen atoms in total. The van der Waals surface area contributed by atoms with E-state index in [2.05, 4.69) is 47.9 Å². The molecule has 0 unspecified atom stereocenters. The summed E-state index contributed by atoms with van der Waals surface area (Å²) in [6.45, 7) is 13.2. The first-order chi connectivity index (χ1) is 21.2. The molecule has 2 aromatic carbocycles. The van der Waals surface area contributed by atoms with Gasteiger partial charge in [-0.3, -0.25) is 14.4 Å². The Bertz CT molecular complexity index is 1420. The van der Waals surface area contributed by atoms with E-state index in [1.165, 1.54) is 30.5 Å². The van der Waals surface area contributed by atoms with Crippen molar-refractivity contribution in [1.82, 2.24) is 24.5 Å². The smallest absolute Gasteiger partial charge is 0.254 e. The molecule has 0 spiro atoms. The molecule has 3 heterocycles. The van der Waals surface area contributed by atoms with E-state index in [4.69, 9.17) is 9.47 Å². The number of carbonyl (C=O) groups excluding carboxylic acids is 1. The van der Waals surface area contributed by atoms with Gasteiger partial charge in [-0.25, -0.2) is 4.39 Å². The van der Waals surface area contributed by atoms with Crippen molar-refractivity contribution in [3.8, 4) is 11.1 Å². The molecular formula is C35H50FN5O3. The van der Waals surface area contributed by atoms with Crippen molar-refractivity contribution in [2.75, 3.05) is 66.7 Å². The lowest BCUT2D eigenvalue weighted by Crippen LogP contribution is -2.54. The fourth-order valence-electron chi connectivity index (χ4n) is 7.07. The molecule has 0 aliphatic carbocycles. The van der Waals surface area contributed by atoms with Crippen LogP contribution in [0, 0.1) is 17.7 Å². The number of halogens is 1. The number of nitrogens with zero attached hydrogens (tertiary/aromatic N) is 5. The Morgan fingerprint density at radius 2 is 1.95 bits per heavy atom. The van der Waals surface area contributed by atoms with E-state index in [-0.39, 0.29) is 11.9 Å². The van der Waals surface area contributed by atoms with Crippen molar-refractivity contribution in [2.45, 2.75) is 52.1 Å². The molecule has 2 fully saturated rings. The van der Waals surface area contributed by atoms with Crippen LogP contribution in [0.15, 0.2) is 36.5 Å². The highest BCUT2D eigenvalue weighted by Gasteiger charge is 2.34. The van der Waals surface area contributed by atoms with Gasteiger partial charge >= 0.3 is 0 Å². The quantitative estimate of drug-likeness (QED) is 0.270. The maximum absolute atomic E-state index is 14.5. The summed E-state index contributed by atoms with van der Waals surface area (Å²) in [5.74, 6) is 0.642. The number of benzene rings is 2. The SMILES string of the molecule is COCCN(C)CCC[C@@H](C(C)C)N1CC(Cc2ccc(-c3ccc(F)cc3C(=O)N3CCOC[C@H]3C)c3cnn(C)c23)C1. The lowest BCUT2D eigenvalue weighted by molar-refractivity contribution is 0.00361. The Morgan fingerprint density at radius 3 is 2.68 bits per heavy atom. The van der Waals surface area contributed by atoms with Gasteiger partial charge in [0.25, 0.3) is 5.91 Å². The molecule has 2 saturated heterocycles. The summed E-state index contributed by atoms with van der Waals surface area (Å²) in [5.41, 5.74) is 4.39. The maximum Gasteiger partial charge on any atom is 0.254 e. The van der Waals surface area contributed by atoms with Crippen LogP contribution in [-0.4, -0.2) is 109 Å². The van der Waals surface area contributed by atoms with Gasteiger partial charge in [-0.1, -0.05) is 32.0 Å². The van der Waals surface area contributed by atoms with E-state index >= 15 is 0 Å². The standard InChI is InChI=1S/C35H50FN5O3/c1-24(2)33(8-7-13-38(4)14-16-43-6)40-21-26(22-40)18-27-9-11-30(32-20-37-39(5)34(27)32)29-12-10-28(36)19-31(29)35(42)41-15-17-44-23-25(41)3/h9-12,19-20,24-26,33H,7-8,13-18,21-23H2,1-6H3/t25-,33+/m1/s1. The molecule has 2 atom stereocenters. The van der Waals surface area contributed by atoms with E-state index in [1.54, 1.807) is 18.1 Å². The number of morpholine rings is 1. The van der Waals surface area contributed by atoms with Gasteiger partial charge in [0.05, 0.1) is 43.1 Å². The first-order valence-electron chi connectivity index (χ1n) is 16.2. The van der Waals surface area contributed by atoms with Crippen molar-refractivity contribution in [1.29, 1.82) is 0 Å². The van der Waals surface area contributed by atoms with Crippen LogP contribution in [0.1, 0.15) is 49.5 Å². The monoisotopic (exact) mass is 607 g/mol. The van der Waals surface area contributed by atoms with Crippen molar-refractivity contribution >= 4 is 16.8 Å². The number of rotatable bonds is 13. The van der Waals surface area contributed by atoms with Gasteiger partial charge in [0, 0.05) is 51.8 Å². The predicted octanol–water partition coefficient (Wildman–Crippen LogP) is 5.10. The van der Waals surface area contributed by atoms with Crippen LogP contribution >= 0.6 is 0 Å². The van der Waals surface area contributed by atoms with Crippen molar-refractivity contribution in [3.63, 3.8) is 0 Å². The summed E-state index contributed by atoms with van der Waals surface area (Å²) in [5, 5.41) is 5.62. The summed E-state index contributed by atoms with van der Waals surface area (Å²) in [4.78, 5) is 20.5. The number of methoxy groups -OCH3 is 1. The molecule has 1 amide bonds. The summed E-state index contributed by atoms with van der Waals surface area (Å²) in [6, 6.07) is 9.38. The molecule has 0 bridgehead atoms. The first kappa shape index (κ1) is 32.5. The van der Waals surface area contributed by atoms with Gasteiger partial charge < -0.3 is 19.3 Å². The number of hydrogen-bond donors (Lipinski definition) is 0. The number of aromatic nitrogens is 2. The van der Waals surface area contributed by atoms with Crippen LogP contribution in [0.3, 0.4) is 0 Å². The zero-order valence-corrected chi connectivity index (χ0v) is 27.4. The number of likely N-dealkylation sites (N-methyl/N-ethyl adjacent to an activating group) is 1. The molecule has 2 aliphatic heterocycles. The van der Waals surface area contributed by atoms with Crippen LogP contribution in [-0.2, 0) is 22.9 Å². The lowest BCUT2D eigenvalue weighted by atomic mass is 9.85. The summed E-state index contributed by atoms with van der Waals surface area (Å²) < 4.78 is 27.2. The number of amides is 1. The largest absolute Gasteiger partial charge is 0.383 e. The Hall–Kier alpha value is -2.85. The summed E-state index contributed by atoms with van der Waals surface area (Å²) in [7, 11) is 5.91. The van der Waals surface area contributed by atoms with Crippen LogP contribution in [0.2, 0.25) is 0 Å². The Labute approximate surface area is 262 Å². The maximum atomic E-state index is 14.5. The fourth-order valence-corrected chi connectivity index (χ4v) is 7.07. The Balaban J connectivity index is 1.31. The average Bonchev–Trinajstić information content (AvgIpc) is 3.38. The van der Waals surface area contributed by atoms with Crippen LogP contribution in [0.4, 0.5) is 4.39 Å². The van der Waals surface area contributed by atoms with Gasteiger partial charge in [0.2, 0.25) is 0 Å². The molecule has 0 radical (unpaired) electrons. The van der Waals surface area contributed by atoms with E-state index in [0.717, 1.165) is 61.2 Å². The highest BCUT2D eigenvalue weighted by Crippen LogP contribution is 2.36. The minimum absolute atomic E-state index is 0.0623. The molecule has 0 N–H and O–H groups in total. The second kappa shape index (κ2) is 14.5. The van der Waals surface area contributed by atoms with Gasteiger partial charge in [0.15, 0.2) is 0 Å². The molecule has 5 rings (SSSR count). The third-order valence-electron chi connectivity index (χ3n) is 9.56. The Morgan fingerprint density at radius 1 is 1.18 bits per heavy atom. The average molecular weight is 608 g/mol. The number of fused-ring (bicyclic) bond motifs is 1. The second-order valence-electron chi connectivity index (χ2n) is 13.2. The van der Waals surface area contributed by atoms with Crippen molar-refractivity contribution in [3.05, 3.63) is 53.5 Å². The third kappa shape index (κ3) is 7.17. The van der Waals surface area contributed by atoms with Crippen LogP contribution in [0.25, 0.3) is 22.0 Å². The predicted molar refractivity (Wildman–Crippen MR) is 173 cm³/mol. The summed E-state index contributed by atoms with van der Waals surface area (Å²) >= 11 is 0. The first-order valence-corrected chi connectivity index (χ1v) is 16.2.